The Hall–Kier alpha value is -3.27. The van der Waals surface area contributed by atoms with Gasteiger partial charge in [0.05, 0.1) is 33.3 Å². The number of rotatable bonds is 4. The minimum atomic E-state index is -3.42. The van der Waals surface area contributed by atoms with Crippen LogP contribution in [0.15, 0.2) is 46.2 Å². The smallest absolute Gasteiger partial charge is 0.257 e. The van der Waals surface area contributed by atoms with Gasteiger partial charge in [0.1, 0.15) is 0 Å². The summed E-state index contributed by atoms with van der Waals surface area (Å²) in [5.41, 5.74) is 2.37. The second kappa shape index (κ2) is 8.26. The van der Waals surface area contributed by atoms with Crippen molar-refractivity contribution in [2.45, 2.75) is 49.2 Å². The number of amides is 1. The van der Waals surface area contributed by atoms with Gasteiger partial charge >= 0.3 is 0 Å². The first kappa shape index (κ1) is 21.6. The van der Waals surface area contributed by atoms with E-state index in [1.807, 2.05) is 0 Å². The zero-order valence-electron chi connectivity index (χ0n) is 18.3. The molecule has 2 aromatic heterocycles. The molecule has 1 saturated heterocycles. The van der Waals surface area contributed by atoms with Crippen molar-refractivity contribution in [1.29, 1.82) is 0 Å². The Labute approximate surface area is 191 Å². The van der Waals surface area contributed by atoms with Gasteiger partial charge in [-0.3, -0.25) is 14.6 Å². The van der Waals surface area contributed by atoms with E-state index in [0.717, 1.165) is 30.5 Å². The first-order valence-corrected chi connectivity index (χ1v) is 12.7. The highest BCUT2D eigenvalue weighted by molar-refractivity contribution is 7.92. The lowest BCUT2D eigenvalue weighted by Crippen LogP contribution is -2.42. The van der Waals surface area contributed by atoms with Crippen LogP contribution in [-0.2, 0) is 22.7 Å². The van der Waals surface area contributed by atoms with Crippen molar-refractivity contribution in [1.82, 2.24) is 24.6 Å². The third-order valence-electron chi connectivity index (χ3n) is 6.61. The van der Waals surface area contributed by atoms with Crippen LogP contribution < -0.4 is 5.56 Å². The molecule has 10 heteroatoms. The van der Waals surface area contributed by atoms with Gasteiger partial charge in [-0.1, -0.05) is 18.2 Å². The molecular formula is C23H25N5O4S. The van der Waals surface area contributed by atoms with Gasteiger partial charge in [0.2, 0.25) is 5.95 Å². The highest BCUT2D eigenvalue weighted by atomic mass is 32.2. The summed E-state index contributed by atoms with van der Waals surface area (Å²) >= 11 is 0. The van der Waals surface area contributed by atoms with Crippen molar-refractivity contribution in [2.24, 2.45) is 0 Å². The zero-order chi connectivity index (χ0) is 23.2. The number of aromatic nitrogens is 4. The van der Waals surface area contributed by atoms with Gasteiger partial charge in [0.25, 0.3) is 11.5 Å². The van der Waals surface area contributed by atoms with E-state index in [1.54, 1.807) is 42.2 Å². The number of fused-ring (bicyclic) bond motifs is 1. The SMILES string of the molecule is Cc1c(C(=O)N2CCC(S(=O)(=O)c3ccccc3)CC2)cnn1-c1nc2c(c(=O)[nH]1)CCC2. The summed E-state index contributed by atoms with van der Waals surface area (Å²) in [6.07, 6.45) is 4.66. The molecule has 0 bridgehead atoms. The normalized spacial score (nSPS) is 16.7. The van der Waals surface area contributed by atoms with E-state index < -0.39 is 15.1 Å². The molecule has 3 aromatic rings. The van der Waals surface area contributed by atoms with E-state index >= 15 is 0 Å². The van der Waals surface area contributed by atoms with Crippen LogP contribution in [0.4, 0.5) is 0 Å². The number of hydrogen-bond donors (Lipinski definition) is 1. The Morgan fingerprint density at radius 1 is 1.12 bits per heavy atom. The monoisotopic (exact) mass is 467 g/mol. The first-order chi connectivity index (χ1) is 15.9. The largest absolute Gasteiger partial charge is 0.338 e. The lowest BCUT2D eigenvalue weighted by atomic mass is 10.1. The van der Waals surface area contributed by atoms with E-state index in [-0.39, 0.29) is 11.5 Å². The van der Waals surface area contributed by atoms with Gasteiger partial charge in [0, 0.05) is 18.7 Å². The maximum atomic E-state index is 13.2. The molecule has 1 aromatic carbocycles. The fourth-order valence-electron chi connectivity index (χ4n) is 4.70. The van der Waals surface area contributed by atoms with Gasteiger partial charge in [-0.15, -0.1) is 0 Å². The number of likely N-dealkylation sites (tertiary alicyclic amines) is 1. The number of H-pyrrole nitrogens is 1. The standard InChI is InChI=1S/C23H25N5O4S/c1-15-19(14-24-28(15)23-25-20-9-5-8-18(20)21(29)26-23)22(30)27-12-10-17(11-13-27)33(31,32)16-6-3-2-4-7-16/h2-4,6-7,14,17H,5,8-13H2,1H3,(H,25,26,29). The molecule has 1 amide bonds. The molecule has 33 heavy (non-hydrogen) atoms. The molecule has 1 aliphatic heterocycles. The average molecular weight is 468 g/mol. The molecule has 2 aliphatic rings. The summed E-state index contributed by atoms with van der Waals surface area (Å²) in [4.78, 5) is 34.9. The summed E-state index contributed by atoms with van der Waals surface area (Å²) in [6, 6.07) is 8.45. The molecule has 0 unspecified atom stereocenters. The average Bonchev–Trinajstić information content (AvgIpc) is 3.46. The third-order valence-corrected chi connectivity index (χ3v) is 8.89. The number of hydrogen-bond acceptors (Lipinski definition) is 6. The second-order valence-corrected chi connectivity index (χ2v) is 10.8. The number of aryl methyl sites for hydroxylation is 1. The zero-order valence-corrected chi connectivity index (χ0v) is 19.1. The fourth-order valence-corrected chi connectivity index (χ4v) is 6.46. The van der Waals surface area contributed by atoms with Crippen LogP contribution in [0.1, 0.15) is 46.6 Å². The summed E-state index contributed by atoms with van der Waals surface area (Å²) in [7, 11) is -3.42. The number of benzene rings is 1. The molecule has 0 spiro atoms. The van der Waals surface area contributed by atoms with Crippen LogP contribution in [0.5, 0.6) is 0 Å². The van der Waals surface area contributed by atoms with Gasteiger partial charge in [-0.05, 0) is 51.2 Å². The summed E-state index contributed by atoms with van der Waals surface area (Å²) < 4.78 is 27.3. The molecule has 1 fully saturated rings. The van der Waals surface area contributed by atoms with E-state index in [2.05, 4.69) is 15.1 Å². The summed E-state index contributed by atoms with van der Waals surface area (Å²) in [5, 5.41) is 3.80. The van der Waals surface area contributed by atoms with Gasteiger partial charge in [-0.25, -0.2) is 18.1 Å². The second-order valence-electron chi connectivity index (χ2n) is 8.57. The van der Waals surface area contributed by atoms with Crippen LogP contribution >= 0.6 is 0 Å². The lowest BCUT2D eigenvalue weighted by molar-refractivity contribution is 0.0725. The molecule has 3 heterocycles. The van der Waals surface area contributed by atoms with Crippen molar-refractivity contribution in [2.75, 3.05) is 13.1 Å². The van der Waals surface area contributed by atoms with Crippen LogP contribution in [0.3, 0.4) is 0 Å². The Morgan fingerprint density at radius 3 is 2.58 bits per heavy atom. The van der Waals surface area contributed by atoms with E-state index in [0.29, 0.717) is 48.0 Å². The molecule has 1 N–H and O–H groups in total. The quantitative estimate of drug-likeness (QED) is 0.625. The molecule has 9 nitrogen and oxygen atoms in total. The Bertz CT molecular complexity index is 1370. The number of nitrogens with zero attached hydrogens (tertiary/aromatic N) is 4. The number of piperidine rings is 1. The van der Waals surface area contributed by atoms with Crippen molar-refractivity contribution in [3.8, 4) is 5.95 Å². The van der Waals surface area contributed by atoms with Gasteiger partial charge in [0.15, 0.2) is 9.84 Å². The van der Waals surface area contributed by atoms with Crippen molar-refractivity contribution >= 4 is 15.7 Å². The van der Waals surface area contributed by atoms with Crippen LogP contribution in [0, 0.1) is 6.92 Å². The maximum absolute atomic E-state index is 13.2. The predicted molar refractivity (Wildman–Crippen MR) is 121 cm³/mol. The van der Waals surface area contributed by atoms with Crippen LogP contribution in [0.25, 0.3) is 5.95 Å². The highest BCUT2D eigenvalue weighted by Gasteiger charge is 2.33. The van der Waals surface area contributed by atoms with Crippen molar-refractivity contribution in [3.63, 3.8) is 0 Å². The molecule has 0 atom stereocenters. The van der Waals surface area contributed by atoms with E-state index in [4.69, 9.17) is 0 Å². The van der Waals surface area contributed by atoms with Crippen LogP contribution in [-0.4, -0.2) is 57.3 Å². The number of sulfone groups is 1. The molecule has 0 saturated carbocycles. The Kier molecular flexibility index (Phi) is 5.40. The number of aromatic amines is 1. The molecule has 5 rings (SSSR count). The van der Waals surface area contributed by atoms with E-state index in [1.165, 1.54) is 10.9 Å². The summed E-state index contributed by atoms with van der Waals surface area (Å²) in [6.45, 7) is 2.47. The Morgan fingerprint density at radius 2 is 1.85 bits per heavy atom. The molecule has 0 radical (unpaired) electrons. The molecule has 172 valence electrons. The number of carbonyl (C=O) groups is 1. The predicted octanol–water partition coefficient (Wildman–Crippen LogP) is 1.83. The Balaban J connectivity index is 1.32. The van der Waals surface area contributed by atoms with Crippen molar-refractivity contribution < 1.29 is 13.2 Å². The van der Waals surface area contributed by atoms with Crippen LogP contribution in [0.2, 0.25) is 0 Å². The topological polar surface area (TPSA) is 118 Å². The fraction of sp³-hybridized carbons (Fsp3) is 0.391. The van der Waals surface area contributed by atoms with Gasteiger partial charge < -0.3 is 4.90 Å². The summed E-state index contributed by atoms with van der Waals surface area (Å²) in [5.74, 6) is 0.114. The molecular weight excluding hydrogens is 442 g/mol. The maximum Gasteiger partial charge on any atom is 0.257 e. The third kappa shape index (κ3) is 3.78. The minimum Gasteiger partial charge on any atom is -0.338 e. The van der Waals surface area contributed by atoms with Gasteiger partial charge in [-0.2, -0.15) is 5.10 Å². The first-order valence-electron chi connectivity index (χ1n) is 11.1. The number of nitrogens with one attached hydrogen (secondary N) is 1. The van der Waals surface area contributed by atoms with Crippen molar-refractivity contribution in [3.05, 3.63) is 69.4 Å². The highest BCUT2D eigenvalue weighted by Crippen LogP contribution is 2.26. The minimum absolute atomic E-state index is 0.156. The van der Waals surface area contributed by atoms with E-state index in [9.17, 15) is 18.0 Å². The molecule has 1 aliphatic carbocycles. The lowest BCUT2D eigenvalue weighted by Gasteiger charge is -2.31. The number of carbonyl (C=O) groups excluding carboxylic acids is 1.